The summed E-state index contributed by atoms with van der Waals surface area (Å²) in [7, 11) is 1.64. The standard InChI is InChI=1S/C16H24N2O3/c1-3-15(12-6-8-14(21-2)9-7-12)17-16(20)18-10-4-5-13(18)11-19/h6-9,13,15,19H,3-5,10-11H2,1-2H3,(H,17,20). The Morgan fingerprint density at radius 1 is 1.48 bits per heavy atom. The van der Waals surface area contributed by atoms with Gasteiger partial charge in [-0.15, -0.1) is 0 Å². The van der Waals surface area contributed by atoms with Gasteiger partial charge in [-0.3, -0.25) is 0 Å². The van der Waals surface area contributed by atoms with Crippen molar-refractivity contribution in [3.05, 3.63) is 29.8 Å². The number of nitrogens with zero attached hydrogens (tertiary/aromatic N) is 1. The molecule has 1 heterocycles. The van der Waals surface area contributed by atoms with Crippen LogP contribution >= 0.6 is 0 Å². The second-order valence-electron chi connectivity index (χ2n) is 5.36. The minimum Gasteiger partial charge on any atom is -0.497 e. The molecule has 1 saturated heterocycles. The Hall–Kier alpha value is -1.75. The molecule has 0 radical (unpaired) electrons. The highest BCUT2D eigenvalue weighted by atomic mass is 16.5. The molecule has 0 saturated carbocycles. The number of aliphatic hydroxyl groups excluding tert-OH is 1. The predicted octanol–water partition coefficient (Wildman–Crippen LogP) is 2.31. The lowest BCUT2D eigenvalue weighted by Crippen LogP contribution is -2.45. The van der Waals surface area contributed by atoms with Crippen molar-refractivity contribution in [1.29, 1.82) is 0 Å². The van der Waals surface area contributed by atoms with Gasteiger partial charge in [0.05, 0.1) is 25.8 Å². The van der Waals surface area contributed by atoms with Crippen molar-refractivity contribution in [1.82, 2.24) is 10.2 Å². The molecule has 2 amide bonds. The first kappa shape index (κ1) is 15.6. The van der Waals surface area contributed by atoms with Crippen molar-refractivity contribution >= 4 is 6.03 Å². The molecule has 0 bridgehead atoms. The molecule has 2 unspecified atom stereocenters. The van der Waals surface area contributed by atoms with Gasteiger partial charge in [-0.1, -0.05) is 19.1 Å². The van der Waals surface area contributed by atoms with Crippen LogP contribution in [0.25, 0.3) is 0 Å². The molecule has 1 aliphatic heterocycles. The summed E-state index contributed by atoms with van der Waals surface area (Å²) in [6.45, 7) is 2.80. The van der Waals surface area contributed by atoms with Crippen LogP contribution in [-0.2, 0) is 0 Å². The topological polar surface area (TPSA) is 61.8 Å². The number of aliphatic hydroxyl groups is 1. The first-order valence-electron chi connectivity index (χ1n) is 7.51. The summed E-state index contributed by atoms with van der Waals surface area (Å²) in [5.74, 6) is 0.805. The van der Waals surface area contributed by atoms with E-state index in [0.717, 1.165) is 37.1 Å². The van der Waals surface area contributed by atoms with Crippen molar-refractivity contribution in [2.24, 2.45) is 0 Å². The predicted molar refractivity (Wildman–Crippen MR) is 81.4 cm³/mol. The number of urea groups is 1. The number of carbonyl (C=O) groups is 1. The average molecular weight is 292 g/mol. The van der Waals surface area contributed by atoms with E-state index in [1.165, 1.54) is 0 Å². The third-order valence-electron chi connectivity index (χ3n) is 4.07. The van der Waals surface area contributed by atoms with E-state index in [1.807, 2.05) is 31.2 Å². The van der Waals surface area contributed by atoms with Crippen LogP contribution < -0.4 is 10.1 Å². The molecule has 0 aliphatic carbocycles. The first-order chi connectivity index (χ1) is 10.2. The van der Waals surface area contributed by atoms with Crippen molar-refractivity contribution < 1.29 is 14.6 Å². The van der Waals surface area contributed by atoms with Crippen LogP contribution in [0.15, 0.2) is 24.3 Å². The lowest BCUT2D eigenvalue weighted by molar-refractivity contribution is 0.154. The fourth-order valence-corrected chi connectivity index (χ4v) is 2.78. The summed E-state index contributed by atoms with van der Waals surface area (Å²) in [4.78, 5) is 14.1. The normalized spacial score (nSPS) is 19.4. The highest BCUT2D eigenvalue weighted by molar-refractivity contribution is 5.75. The fourth-order valence-electron chi connectivity index (χ4n) is 2.78. The Kier molecular flexibility index (Phi) is 5.44. The lowest BCUT2D eigenvalue weighted by Gasteiger charge is -2.26. The Labute approximate surface area is 125 Å². The van der Waals surface area contributed by atoms with Crippen molar-refractivity contribution in [3.63, 3.8) is 0 Å². The van der Waals surface area contributed by atoms with E-state index in [4.69, 9.17) is 4.74 Å². The zero-order valence-corrected chi connectivity index (χ0v) is 12.7. The van der Waals surface area contributed by atoms with Gasteiger partial charge in [0.1, 0.15) is 5.75 Å². The summed E-state index contributed by atoms with van der Waals surface area (Å²) in [6.07, 6.45) is 2.65. The highest BCUT2D eigenvalue weighted by Gasteiger charge is 2.29. The number of nitrogens with one attached hydrogen (secondary N) is 1. The Morgan fingerprint density at radius 2 is 2.19 bits per heavy atom. The number of ether oxygens (including phenoxy) is 1. The number of likely N-dealkylation sites (tertiary alicyclic amines) is 1. The van der Waals surface area contributed by atoms with Crippen molar-refractivity contribution in [2.45, 2.75) is 38.3 Å². The van der Waals surface area contributed by atoms with Gasteiger partial charge >= 0.3 is 6.03 Å². The van der Waals surface area contributed by atoms with Crippen LogP contribution in [0.1, 0.15) is 37.8 Å². The minimum absolute atomic E-state index is 0.0247. The Bertz CT molecular complexity index is 461. The Morgan fingerprint density at radius 3 is 2.76 bits per heavy atom. The molecule has 21 heavy (non-hydrogen) atoms. The number of hydrogen-bond acceptors (Lipinski definition) is 3. The highest BCUT2D eigenvalue weighted by Crippen LogP contribution is 2.22. The van der Waals surface area contributed by atoms with Crippen molar-refractivity contribution in [3.8, 4) is 5.75 Å². The monoisotopic (exact) mass is 292 g/mol. The molecule has 1 aromatic carbocycles. The van der Waals surface area contributed by atoms with Crippen LogP contribution in [0, 0.1) is 0 Å². The van der Waals surface area contributed by atoms with E-state index >= 15 is 0 Å². The van der Waals surface area contributed by atoms with Gasteiger partial charge in [-0.05, 0) is 37.0 Å². The SMILES string of the molecule is CCC(NC(=O)N1CCCC1CO)c1ccc(OC)cc1. The molecule has 2 N–H and O–H groups in total. The number of rotatable bonds is 5. The molecule has 5 heteroatoms. The summed E-state index contributed by atoms with van der Waals surface area (Å²) in [5, 5.41) is 12.4. The van der Waals surface area contributed by atoms with E-state index in [0.29, 0.717) is 0 Å². The molecule has 2 rings (SSSR count). The molecule has 116 valence electrons. The van der Waals surface area contributed by atoms with E-state index in [9.17, 15) is 9.90 Å². The molecule has 1 aromatic rings. The van der Waals surface area contributed by atoms with Crippen LogP contribution in [0.2, 0.25) is 0 Å². The molecule has 5 nitrogen and oxygen atoms in total. The lowest BCUT2D eigenvalue weighted by atomic mass is 10.0. The maximum Gasteiger partial charge on any atom is 0.318 e. The number of methoxy groups -OCH3 is 1. The first-order valence-corrected chi connectivity index (χ1v) is 7.51. The molecule has 0 aromatic heterocycles. The second kappa shape index (κ2) is 7.31. The third-order valence-corrected chi connectivity index (χ3v) is 4.07. The molecule has 1 aliphatic rings. The molecule has 0 spiro atoms. The maximum atomic E-state index is 12.4. The van der Waals surface area contributed by atoms with E-state index in [2.05, 4.69) is 5.32 Å². The van der Waals surface area contributed by atoms with E-state index in [-0.39, 0.29) is 24.7 Å². The Balaban J connectivity index is 2.02. The summed E-state index contributed by atoms with van der Waals surface area (Å²) < 4.78 is 5.15. The number of hydrogen-bond donors (Lipinski definition) is 2. The summed E-state index contributed by atoms with van der Waals surface area (Å²) in [6, 6.07) is 7.59. The van der Waals surface area contributed by atoms with Gasteiger partial charge in [-0.25, -0.2) is 4.79 Å². The van der Waals surface area contributed by atoms with Gasteiger partial charge in [0.15, 0.2) is 0 Å². The molecule has 2 atom stereocenters. The fraction of sp³-hybridized carbons (Fsp3) is 0.562. The van der Waals surface area contributed by atoms with Crippen LogP contribution in [0.3, 0.4) is 0 Å². The van der Waals surface area contributed by atoms with Gasteiger partial charge in [0.25, 0.3) is 0 Å². The largest absolute Gasteiger partial charge is 0.497 e. The zero-order chi connectivity index (χ0) is 15.2. The summed E-state index contributed by atoms with van der Waals surface area (Å²) in [5.41, 5.74) is 1.06. The van der Waals surface area contributed by atoms with Gasteiger partial charge in [0, 0.05) is 6.54 Å². The second-order valence-corrected chi connectivity index (χ2v) is 5.36. The van der Waals surface area contributed by atoms with Gasteiger partial charge < -0.3 is 20.1 Å². The average Bonchev–Trinajstić information content (AvgIpc) is 3.01. The van der Waals surface area contributed by atoms with E-state index in [1.54, 1.807) is 12.0 Å². The third kappa shape index (κ3) is 3.67. The van der Waals surface area contributed by atoms with E-state index < -0.39 is 0 Å². The van der Waals surface area contributed by atoms with Gasteiger partial charge in [0.2, 0.25) is 0 Å². The number of amides is 2. The smallest absolute Gasteiger partial charge is 0.318 e. The molecular weight excluding hydrogens is 268 g/mol. The number of carbonyl (C=O) groups excluding carboxylic acids is 1. The maximum absolute atomic E-state index is 12.4. The van der Waals surface area contributed by atoms with Crippen LogP contribution in [-0.4, -0.2) is 42.3 Å². The summed E-state index contributed by atoms with van der Waals surface area (Å²) >= 11 is 0. The van der Waals surface area contributed by atoms with Gasteiger partial charge in [-0.2, -0.15) is 0 Å². The molecule has 1 fully saturated rings. The zero-order valence-electron chi connectivity index (χ0n) is 12.7. The van der Waals surface area contributed by atoms with Crippen LogP contribution in [0.4, 0.5) is 4.79 Å². The quantitative estimate of drug-likeness (QED) is 0.875. The number of benzene rings is 1. The molecular formula is C16H24N2O3. The minimum atomic E-state index is -0.0887. The van der Waals surface area contributed by atoms with Crippen molar-refractivity contribution in [2.75, 3.05) is 20.3 Å². The van der Waals surface area contributed by atoms with Crippen LogP contribution in [0.5, 0.6) is 5.75 Å².